The lowest BCUT2D eigenvalue weighted by Crippen LogP contribution is -2.29. The summed E-state index contributed by atoms with van der Waals surface area (Å²) < 4.78 is 10.2. The Morgan fingerprint density at radius 3 is 2.48 bits per heavy atom. The molecule has 0 bridgehead atoms. The van der Waals surface area contributed by atoms with Crippen molar-refractivity contribution in [2.24, 2.45) is 0 Å². The number of nitrogens with one attached hydrogen (secondary N) is 1. The third-order valence-electron chi connectivity index (χ3n) is 3.84. The number of thioether (sulfide) groups is 1. The second kappa shape index (κ2) is 10.3. The van der Waals surface area contributed by atoms with Gasteiger partial charge in [-0.1, -0.05) is 12.1 Å². The zero-order valence-corrected chi connectivity index (χ0v) is 16.9. The standard InChI is InChI=1S/C20H20N2O6S/c1-13(28-19(23)11-6-14-4-8-16(29-3)9-5-14)20(24)21-17-10-7-15(22(25)26)12-18(17)27-2/h4-13H,1-3H3,(H,21,24)/b11-6+/t13-/m0/s1. The van der Waals surface area contributed by atoms with Crippen LogP contribution in [0.4, 0.5) is 11.4 Å². The van der Waals surface area contributed by atoms with Crippen LogP contribution in [0.5, 0.6) is 5.75 Å². The van der Waals surface area contributed by atoms with Gasteiger partial charge in [0.05, 0.1) is 23.8 Å². The number of benzene rings is 2. The number of hydrogen-bond acceptors (Lipinski definition) is 7. The van der Waals surface area contributed by atoms with Gasteiger partial charge in [0, 0.05) is 17.0 Å². The lowest BCUT2D eigenvalue weighted by Gasteiger charge is -2.14. The van der Waals surface area contributed by atoms with E-state index >= 15 is 0 Å². The number of ether oxygens (including phenoxy) is 2. The highest BCUT2D eigenvalue weighted by molar-refractivity contribution is 7.98. The topological polar surface area (TPSA) is 108 Å². The number of esters is 1. The van der Waals surface area contributed by atoms with Gasteiger partial charge in [0.1, 0.15) is 5.75 Å². The average molecular weight is 416 g/mol. The van der Waals surface area contributed by atoms with Crippen molar-refractivity contribution in [1.82, 2.24) is 0 Å². The number of methoxy groups -OCH3 is 1. The maximum atomic E-state index is 12.3. The zero-order valence-electron chi connectivity index (χ0n) is 16.1. The van der Waals surface area contributed by atoms with Gasteiger partial charge in [-0.05, 0) is 43.0 Å². The highest BCUT2D eigenvalue weighted by Crippen LogP contribution is 2.29. The fourth-order valence-corrected chi connectivity index (χ4v) is 2.69. The monoisotopic (exact) mass is 416 g/mol. The SMILES string of the molecule is COc1cc([N+](=O)[O-])ccc1NC(=O)[C@H](C)OC(=O)/C=C/c1ccc(SC)cc1. The minimum atomic E-state index is -1.08. The van der Waals surface area contributed by atoms with E-state index in [0.717, 1.165) is 10.5 Å². The Kier molecular flexibility index (Phi) is 7.79. The van der Waals surface area contributed by atoms with Gasteiger partial charge in [-0.2, -0.15) is 0 Å². The van der Waals surface area contributed by atoms with Crippen LogP contribution in [-0.2, 0) is 14.3 Å². The minimum absolute atomic E-state index is 0.125. The highest BCUT2D eigenvalue weighted by atomic mass is 32.2. The van der Waals surface area contributed by atoms with E-state index in [1.54, 1.807) is 17.8 Å². The largest absolute Gasteiger partial charge is 0.494 e. The average Bonchev–Trinajstić information content (AvgIpc) is 2.72. The van der Waals surface area contributed by atoms with Crippen molar-refractivity contribution in [2.75, 3.05) is 18.7 Å². The molecular formula is C20H20N2O6S. The molecule has 0 heterocycles. The quantitative estimate of drug-likeness (QED) is 0.228. The van der Waals surface area contributed by atoms with Crippen molar-refractivity contribution >= 4 is 41.1 Å². The Balaban J connectivity index is 1.96. The van der Waals surface area contributed by atoms with E-state index in [-0.39, 0.29) is 17.1 Å². The number of hydrogen-bond donors (Lipinski definition) is 1. The third-order valence-corrected chi connectivity index (χ3v) is 4.59. The Hall–Kier alpha value is -3.33. The first-order chi connectivity index (χ1) is 13.8. The van der Waals surface area contributed by atoms with Crippen molar-refractivity contribution in [1.29, 1.82) is 0 Å². The smallest absolute Gasteiger partial charge is 0.331 e. The van der Waals surface area contributed by atoms with Crippen LogP contribution < -0.4 is 10.1 Å². The van der Waals surface area contributed by atoms with E-state index in [0.29, 0.717) is 0 Å². The first-order valence-electron chi connectivity index (χ1n) is 8.50. The van der Waals surface area contributed by atoms with Crippen LogP contribution >= 0.6 is 11.8 Å². The van der Waals surface area contributed by atoms with Crippen molar-refractivity contribution in [3.63, 3.8) is 0 Å². The lowest BCUT2D eigenvalue weighted by molar-refractivity contribution is -0.384. The van der Waals surface area contributed by atoms with E-state index in [1.807, 2.05) is 30.5 Å². The number of non-ortho nitro benzene ring substituents is 1. The maximum Gasteiger partial charge on any atom is 0.331 e. The van der Waals surface area contributed by atoms with Gasteiger partial charge in [0.15, 0.2) is 6.10 Å². The molecule has 8 nitrogen and oxygen atoms in total. The molecule has 0 radical (unpaired) electrons. The fourth-order valence-electron chi connectivity index (χ4n) is 2.28. The van der Waals surface area contributed by atoms with Crippen LogP contribution in [0.25, 0.3) is 6.08 Å². The molecule has 29 heavy (non-hydrogen) atoms. The number of anilines is 1. The second-order valence-electron chi connectivity index (χ2n) is 5.82. The summed E-state index contributed by atoms with van der Waals surface area (Å²) in [5, 5.41) is 13.4. The zero-order chi connectivity index (χ0) is 21.4. The molecule has 1 amide bonds. The number of nitro groups is 1. The van der Waals surface area contributed by atoms with E-state index < -0.39 is 22.9 Å². The minimum Gasteiger partial charge on any atom is -0.494 e. The molecule has 0 aliphatic carbocycles. The Bertz CT molecular complexity index is 927. The molecule has 2 aromatic rings. The predicted molar refractivity (Wildman–Crippen MR) is 111 cm³/mol. The summed E-state index contributed by atoms with van der Waals surface area (Å²) >= 11 is 1.62. The molecule has 0 aliphatic rings. The number of amides is 1. The summed E-state index contributed by atoms with van der Waals surface area (Å²) in [4.78, 5) is 35.6. The van der Waals surface area contributed by atoms with Crippen LogP contribution in [0, 0.1) is 10.1 Å². The number of rotatable bonds is 8. The summed E-state index contributed by atoms with van der Waals surface area (Å²) in [5.41, 5.74) is 0.887. The molecule has 2 aromatic carbocycles. The molecule has 2 rings (SSSR count). The van der Waals surface area contributed by atoms with Crippen LogP contribution in [0.15, 0.2) is 53.4 Å². The molecular weight excluding hydrogens is 396 g/mol. The Labute approximate surface area is 172 Å². The molecule has 0 unspecified atom stereocenters. The maximum absolute atomic E-state index is 12.3. The molecule has 0 saturated carbocycles. The van der Waals surface area contributed by atoms with Crippen LogP contribution in [0.2, 0.25) is 0 Å². The number of nitrogens with zero attached hydrogens (tertiary/aromatic N) is 1. The van der Waals surface area contributed by atoms with Gasteiger partial charge in [-0.25, -0.2) is 4.79 Å². The van der Waals surface area contributed by atoms with Gasteiger partial charge in [-0.15, -0.1) is 11.8 Å². The molecule has 0 aliphatic heterocycles. The number of carbonyl (C=O) groups excluding carboxylic acids is 2. The van der Waals surface area contributed by atoms with E-state index in [2.05, 4.69) is 5.32 Å². The number of carbonyl (C=O) groups is 2. The van der Waals surface area contributed by atoms with Gasteiger partial charge >= 0.3 is 5.97 Å². The van der Waals surface area contributed by atoms with Crippen LogP contribution in [0.3, 0.4) is 0 Å². The molecule has 0 fully saturated rings. The van der Waals surface area contributed by atoms with E-state index in [1.165, 1.54) is 38.3 Å². The van der Waals surface area contributed by atoms with Crippen molar-refractivity contribution < 1.29 is 24.0 Å². The summed E-state index contributed by atoms with van der Waals surface area (Å²) in [5.74, 6) is -1.14. The lowest BCUT2D eigenvalue weighted by atomic mass is 10.2. The van der Waals surface area contributed by atoms with E-state index in [9.17, 15) is 19.7 Å². The molecule has 9 heteroatoms. The summed E-state index contributed by atoms with van der Waals surface area (Å²) in [6, 6.07) is 11.4. The van der Waals surface area contributed by atoms with Crippen molar-refractivity contribution in [2.45, 2.75) is 17.9 Å². The first kappa shape index (κ1) is 22.0. The molecule has 0 saturated heterocycles. The van der Waals surface area contributed by atoms with Gasteiger partial charge < -0.3 is 14.8 Å². The Morgan fingerprint density at radius 1 is 1.21 bits per heavy atom. The molecule has 1 atom stereocenters. The number of nitro benzene ring substituents is 1. The summed E-state index contributed by atoms with van der Waals surface area (Å²) in [7, 11) is 1.33. The van der Waals surface area contributed by atoms with Crippen molar-refractivity contribution in [3.05, 3.63) is 64.2 Å². The molecule has 1 N–H and O–H groups in total. The van der Waals surface area contributed by atoms with E-state index in [4.69, 9.17) is 9.47 Å². The molecule has 0 spiro atoms. The van der Waals surface area contributed by atoms with Crippen molar-refractivity contribution in [3.8, 4) is 5.75 Å². The normalized spacial score (nSPS) is 11.7. The summed E-state index contributed by atoms with van der Waals surface area (Å²) in [6.45, 7) is 1.42. The second-order valence-corrected chi connectivity index (χ2v) is 6.70. The van der Waals surface area contributed by atoms with Crippen LogP contribution in [0.1, 0.15) is 12.5 Å². The first-order valence-corrected chi connectivity index (χ1v) is 9.72. The summed E-state index contributed by atoms with van der Waals surface area (Å²) in [6.07, 6.45) is 3.73. The fraction of sp³-hybridized carbons (Fsp3) is 0.200. The van der Waals surface area contributed by atoms with Gasteiger partial charge in [0.2, 0.25) is 0 Å². The van der Waals surface area contributed by atoms with Crippen LogP contribution in [-0.4, -0.2) is 36.3 Å². The predicted octanol–water partition coefficient (Wildman–Crippen LogP) is 3.91. The van der Waals surface area contributed by atoms with Gasteiger partial charge in [-0.3, -0.25) is 14.9 Å². The highest BCUT2D eigenvalue weighted by Gasteiger charge is 2.19. The van der Waals surface area contributed by atoms with Gasteiger partial charge in [0.25, 0.3) is 11.6 Å². The molecule has 152 valence electrons. The molecule has 0 aromatic heterocycles. The third kappa shape index (κ3) is 6.35. The Morgan fingerprint density at radius 2 is 1.90 bits per heavy atom.